The number of hydrogen-bond acceptors (Lipinski definition) is 5. The summed E-state index contributed by atoms with van der Waals surface area (Å²) in [7, 11) is 3.71. The van der Waals surface area contributed by atoms with Gasteiger partial charge in [-0.3, -0.25) is 14.3 Å². The number of nitrogens with one attached hydrogen (secondary N) is 1. The molecule has 0 saturated heterocycles. The number of halogens is 1. The van der Waals surface area contributed by atoms with E-state index in [1.54, 1.807) is 25.6 Å². The van der Waals surface area contributed by atoms with Gasteiger partial charge in [0.25, 0.3) is 5.91 Å². The highest BCUT2D eigenvalue weighted by molar-refractivity contribution is 7.07. The van der Waals surface area contributed by atoms with Gasteiger partial charge in [0.2, 0.25) is 0 Å². The molecule has 7 nitrogen and oxygen atoms in total. The molecule has 0 unspecified atom stereocenters. The number of pyridine rings is 1. The minimum atomic E-state index is -0.332. The number of likely N-dealkylation sites (N-methyl/N-ethyl adjacent to an activating group) is 1. The summed E-state index contributed by atoms with van der Waals surface area (Å²) in [4.78, 5) is 27.5. The highest BCUT2D eigenvalue weighted by atomic mass is 35.5. The number of rotatable bonds is 7. The minimum absolute atomic E-state index is 0.332. The van der Waals surface area contributed by atoms with Gasteiger partial charge in [-0.1, -0.05) is 23.7 Å². The van der Waals surface area contributed by atoms with E-state index in [4.69, 9.17) is 16.3 Å². The van der Waals surface area contributed by atoms with Crippen LogP contribution in [-0.2, 0) is 11.3 Å². The summed E-state index contributed by atoms with van der Waals surface area (Å²) in [6.45, 7) is 2.07. The van der Waals surface area contributed by atoms with Crippen molar-refractivity contribution in [3.05, 3.63) is 75.3 Å². The van der Waals surface area contributed by atoms with Crippen LogP contribution in [-0.4, -0.2) is 52.7 Å². The van der Waals surface area contributed by atoms with Gasteiger partial charge in [0.1, 0.15) is 5.65 Å². The zero-order chi connectivity index (χ0) is 21.8. The standard InChI is InChI=1S/C22H22ClN5O2S/c1-27(10-11-30-2)13-15-14-31-22(28(15)19-8-4-3-7-18(19)23)26-21(29)17-12-25-20-16(17)6-5-9-24-20/h3-9,12,14H,10-11,13H2,1-2H3,(H,24,25)/b26-22-. The van der Waals surface area contributed by atoms with Crippen LogP contribution >= 0.6 is 22.9 Å². The summed E-state index contributed by atoms with van der Waals surface area (Å²) >= 11 is 7.91. The van der Waals surface area contributed by atoms with E-state index in [2.05, 4.69) is 19.9 Å². The Kier molecular flexibility index (Phi) is 6.62. The summed E-state index contributed by atoms with van der Waals surface area (Å²) in [6.07, 6.45) is 3.33. The third-order valence-corrected chi connectivity index (χ3v) is 6.05. The van der Waals surface area contributed by atoms with E-state index in [9.17, 15) is 4.79 Å². The van der Waals surface area contributed by atoms with Gasteiger partial charge in [0.15, 0.2) is 4.80 Å². The van der Waals surface area contributed by atoms with Gasteiger partial charge < -0.3 is 9.72 Å². The van der Waals surface area contributed by atoms with E-state index in [-0.39, 0.29) is 5.91 Å². The van der Waals surface area contributed by atoms with Crippen molar-refractivity contribution in [3.63, 3.8) is 0 Å². The van der Waals surface area contributed by atoms with Crippen LogP contribution in [0.5, 0.6) is 0 Å². The lowest BCUT2D eigenvalue weighted by atomic mass is 10.2. The van der Waals surface area contributed by atoms with Gasteiger partial charge in [-0.15, -0.1) is 11.3 Å². The van der Waals surface area contributed by atoms with E-state index in [1.807, 2.05) is 47.3 Å². The molecule has 1 amide bonds. The van der Waals surface area contributed by atoms with Crippen molar-refractivity contribution >= 4 is 39.9 Å². The SMILES string of the molecule is COCCN(C)Cc1cs/c(=N\C(=O)c2c[nH]c3ncccc23)n1-c1ccccc1Cl. The molecule has 1 N–H and O–H groups in total. The molecule has 0 spiro atoms. The number of ether oxygens (including phenoxy) is 1. The number of hydrogen-bond donors (Lipinski definition) is 1. The molecule has 1 aromatic carbocycles. The number of aromatic amines is 1. The van der Waals surface area contributed by atoms with Crippen molar-refractivity contribution < 1.29 is 9.53 Å². The molecule has 0 atom stereocenters. The average molecular weight is 456 g/mol. The largest absolute Gasteiger partial charge is 0.383 e. The molecule has 4 rings (SSSR count). The van der Waals surface area contributed by atoms with Crippen LogP contribution in [0.15, 0.2) is 59.2 Å². The Balaban J connectivity index is 1.78. The maximum atomic E-state index is 13.0. The second kappa shape index (κ2) is 9.57. The van der Waals surface area contributed by atoms with Gasteiger partial charge >= 0.3 is 0 Å². The molecular weight excluding hydrogens is 434 g/mol. The highest BCUT2D eigenvalue weighted by Crippen LogP contribution is 2.22. The van der Waals surface area contributed by atoms with E-state index in [0.29, 0.717) is 34.2 Å². The molecule has 3 aromatic heterocycles. The lowest BCUT2D eigenvalue weighted by Gasteiger charge is -2.18. The number of thiazole rings is 1. The van der Waals surface area contributed by atoms with Crippen molar-refractivity contribution in [1.82, 2.24) is 19.4 Å². The maximum absolute atomic E-state index is 13.0. The quantitative estimate of drug-likeness (QED) is 0.458. The molecule has 31 heavy (non-hydrogen) atoms. The number of fused-ring (bicyclic) bond motifs is 1. The Labute approximate surface area is 188 Å². The van der Waals surface area contributed by atoms with Crippen LogP contribution < -0.4 is 4.80 Å². The van der Waals surface area contributed by atoms with Crippen LogP contribution in [0.25, 0.3) is 16.7 Å². The van der Waals surface area contributed by atoms with Crippen LogP contribution in [0, 0.1) is 0 Å². The summed E-state index contributed by atoms with van der Waals surface area (Å²) in [5.41, 5.74) is 2.92. The Morgan fingerprint density at radius 1 is 1.32 bits per heavy atom. The monoisotopic (exact) mass is 455 g/mol. The summed E-state index contributed by atoms with van der Waals surface area (Å²) in [5.74, 6) is -0.332. The highest BCUT2D eigenvalue weighted by Gasteiger charge is 2.16. The smallest absolute Gasteiger partial charge is 0.281 e. The first-order valence-electron chi connectivity index (χ1n) is 9.71. The normalized spacial score (nSPS) is 12.2. The second-order valence-corrected chi connectivity index (χ2v) is 8.29. The Morgan fingerprint density at radius 3 is 2.97 bits per heavy atom. The second-order valence-electron chi connectivity index (χ2n) is 7.05. The summed E-state index contributed by atoms with van der Waals surface area (Å²) in [5, 5.41) is 3.35. The fourth-order valence-corrected chi connectivity index (χ4v) is 4.41. The third-order valence-electron chi connectivity index (χ3n) is 4.86. The first-order chi connectivity index (χ1) is 15.1. The molecule has 0 saturated carbocycles. The van der Waals surface area contributed by atoms with Gasteiger partial charge in [0, 0.05) is 49.1 Å². The fourth-order valence-electron chi connectivity index (χ4n) is 3.31. The number of carbonyl (C=O) groups excluding carboxylic acids is 1. The van der Waals surface area contributed by atoms with E-state index < -0.39 is 0 Å². The van der Waals surface area contributed by atoms with Gasteiger partial charge in [0.05, 0.1) is 22.9 Å². The summed E-state index contributed by atoms with van der Waals surface area (Å²) < 4.78 is 7.13. The molecule has 0 radical (unpaired) electrons. The fraction of sp³-hybridized carbons (Fsp3) is 0.227. The predicted molar refractivity (Wildman–Crippen MR) is 123 cm³/mol. The number of amides is 1. The number of para-hydroxylation sites is 1. The van der Waals surface area contributed by atoms with Gasteiger partial charge in [-0.05, 0) is 31.3 Å². The van der Waals surface area contributed by atoms with Crippen LogP contribution in [0.3, 0.4) is 0 Å². The molecule has 0 aliphatic heterocycles. The number of carbonyl (C=O) groups is 1. The summed E-state index contributed by atoms with van der Waals surface area (Å²) in [6, 6.07) is 11.2. The zero-order valence-corrected chi connectivity index (χ0v) is 18.8. The molecule has 160 valence electrons. The van der Waals surface area contributed by atoms with Crippen LogP contribution in [0.2, 0.25) is 5.02 Å². The molecule has 9 heteroatoms. The first-order valence-corrected chi connectivity index (χ1v) is 11.0. The predicted octanol–water partition coefficient (Wildman–Crippen LogP) is 3.89. The van der Waals surface area contributed by atoms with E-state index in [1.165, 1.54) is 11.3 Å². The van der Waals surface area contributed by atoms with E-state index >= 15 is 0 Å². The lowest BCUT2D eigenvalue weighted by Crippen LogP contribution is -2.26. The van der Waals surface area contributed by atoms with Crippen molar-refractivity contribution in [1.29, 1.82) is 0 Å². The molecule has 0 aliphatic rings. The third kappa shape index (κ3) is 4.62. The van der Waals surface area contributed by atoms with Crippen molar-refractivity contribution in [2.45, 2.75) is 6.54 Å². The molecule has 0 fully saturated rings. The maximum Gasteiger partial charge on any atom is 0.281 e. The number of nitrogens with zero attached hydrogens (tertiary/aromatic N) is 4. The Morgan fingerprint density at radius 2 is 2.16 bits per heavy atom. The molecule has 0 bridgehead atoms. The van der Waals surface area contributed by atoms with Gasteiger partial charge in [-0.25, -0.2) is 4.98 Å². The Bertz CT molecular complexity index is 1280. The van der Waals surface area contributed by atoms with Crippen molar-refractivity contribution in [3.8, 4) is 5.69 Å². The van der Waals surface area contributed by atoms with Crippen molar-refractivity contribution in [2.75, 3.05) is 27.3 Å². The van der Waals surface area contributed by atoms with Crippen LogP contribution in [0.4, 0.5) is 0 Å². The number of methoxy groups -OCH3 is 1. The number of H-pyrrole nitrogens is 1. The first kappa shape index (κ1) is 21.5. The number of benzene rings is 1. The molecule has 0 aliphatic carbocycles. The lowest BCUT2D eigenvalue weighted by molar-refractivity contribution is 0.0999. The topological polar surface area (TPSA) is 75.5 Å². The van der Waals surface area contributed by atoms with Gasteiger partial charge in [-0.2, -0.15) is 4.99 Å². The average Bonchev–Trinajstić information content (AvgIpc) is 3.37. The van der Waals surface area contributed by atoms with E-state index in [0.717, 1.165) is 23.3 Å². The van der Waals surface area contributed by atoms with Crippen LogP contribution in [0.1, 0.15) is 16.1 Å². The van der Waals surface area contributed by atoms with Crippen molar-refractivity contribution in [2.24, 2.45) is 4.99 Å². The molecule has 4 aromatic rings. The number of aromatic nitrogens is 3. The molecule has 3 heterocycles. The minimum Gasteiger partial charge on any atom is -0.383 e. The zero-order valence-electron chi connectivity index (χ0n) is 17.2. The molecular formula is C22H22ClN5O2S. The Hall–Kier alpha value is -2.78.